The maximum absolute atomic E-state index is 13.4. The van der Waals surface area contributed by atoms with Crippen LogP contribution in [0.2, 0.25) is 0 Å². The van der Waals surface area contributed by atoms with Crippen LogP contribution < -0.4 is 0 Å². The third kappa shape index (κ3) is 3.26. The highest BCUT2D eigenvalue weighted by Gasteiger charge is 2.54. The van der Waals surface area contributed by atoms with E-state index in [9.17, 15) is 9.59 Å². The van der Waals surface area contributed by atoms with Crippen LogP contribution in [-0.2, 0) is 17.8 Å². The van der Waals surface area contributed by atoms with Crippen molar-refractivity contribution in [3.05, 3.63) is 83.7 Å². The molecule has 3 amide bonds. The van der Waals surface area contributed by atoms with Crippen molar-refractivity contribution in [2.75, 3.05) is 13.6 Å². The standard InChI is InChI=1S/C24H25N5O2/c1-17-15-28-20-21(25-23(28)27(17)14-13-18-9-5-3-6-10-18)26(2)24(31)29(22(20)30)16-19-11-7-4-8-12-19/h3-12,15,20-21H,13-14,16H2,1-2H3. The van der Waals surface area contributed by atoms with Gasteiger partial charge in [-0.1, -0.05) is 60.7 Å². The van der Waals surface area contributed by atoms with E-state index in [1.807, 2.05) is 66.6 Å². The number of allylic oxidation sites excluding steroid dienone is 1. The van der Waals surface area contributed by atoms with Crippen molar-refractivity contribution in [1.82, 2.24) is 19.6 Å². The molecule has 2 atom stereocenters. The van der Waals surface area contributed by atoms with Crippen LogP contribution in [0.3, 0.4) is 0 Å². The van der Waals surface area contributed by atoms with Crippen molar-refractivity contribution in [1.29, 1.82) is 0 Å². The predicted octanol–water partition coefficient (Wildman–Crippen LogP) is 2.87. The van der Waals surface area contributed by atoms with E-state index in [2.05, 4.69) is 17.0 Å². The van der Waals surface area contributed by atoms with Crippen molar-refractivity contribution >= 4 is 17.9 Å². The van der Waals surface area contributed by atoms with Crippen LogP contribution in [-0.4, -0.2) is 63.3 Å². The molecule has 7 heteroatoms. The molecule has 0 N–H and O–H groups in total. The number of hydrogen-bond acceptors (Lipinski definition) is 5. The second kappa shape index (κ2) is 7.58. The van der Waals surface area contributed by atoms with Crippen molar-refractivity contribution < 1.29 is 9.59 Å². The van der Waals surface area contributed by atoms with E-state index in [1.54, 1.807) is 11.9 Å². The van der Waals surface area contributed by atoms with Crippen LogP contribution in [0.4, 0.5) is 4.79 Å². The van der Waals surface area contributed by atoms with Gasteiger partial charge in [-0.25, -0.2) is 9.79 Å². The van der Waals surface area contributed by atoms with E-state index in [-0.39, 0.29) is 18.5 Å². The lowest BCUT2D eigenvalue weighted by molar-refractivity contribution is -0.137. The molecule has 2 aromatic carbocycles. The summed E-state index contributed by atoms with van der Waals surface area (Å²) in [6.45, 7) is 3.06. The number of amides is 3. The van der Waals surface area contributed by atoms with Gasteiger partial charge >= 0.3 is 6.03 Å². The fourth-order valence-electron chi connectivity index (χ4n) is 4.48. The molecule has 3 heterocycles. The SMILES string of the molecule is CC1=CN2C(=NC3C2C(=O)N(Cc2ccccc2)C(=O)N3C)N1CCc1ccccc1. The molecule has 2 aromatic rings. The van der Waals surface area contributed by atoms with Crippen LogP contribution >= 0.6 is 0 Å². The number of hydrogen-bond donors (Lipinski definition) is 0. The van der Waals surface area contributed by atoms with Gasteiger partial charge in [0.15, 0.2) is 12.2 Å². The number of urea groups is 1. The normalized spacial score (nSPS) is 22.5. The summed E-state index contributed by atoms with van der Waals surface area (Å²) in [7, 11) is 1.72. The minimum Gasteiger partial charge on any atom is -0.314 e. The second-order valence-corrected chi connectivity index (χ2v) is 8.16. The fourth-order valence-corrected chi connectivity index (χ4v) is 4.48. The summed E-state index contributed by atoms with van der Waals surface area (Å²) in [6, 6.07) is 19.1. The van der Waals surface area contributed by atoms with E-state index in [4.69, 9.17) is 4.99 Å². The summed E-state index contributed by atoms with van der Waals surface area (Å²) in [5.41, 5.74) is 3.23. The molecule has 1 saturated heterocycles. The number of nitrogens with zero attached hydrogens (tertiary/aromatic N) is 5. The van der Waals surface area contributed by atoms with E-state index in [0.717, 1.165) is 30.2 Å². The monoisotopic (exact) mass is 415 g/mol. The molecule has 31 heavy (non-hydrogen) atoms. The molecule has 0 radical (unpaired) electrons. The largest absolute Gasteiger partial charge is 0.328 e. The van der Waals surface area contributed by atoms with Crippen molar-refractivity contribution in [3.8, 4) is 0 Å². The number of benzene rings is 2. The summed E-state index contributed by atoms with van der Waals surface area (Å²) in [6.07, 6.45) is 2.35. The minimum atomic E-state index is -0.530. The zero-order chi connectivity index (χ0) is 21.5. The Labute approximate surface area is 181 Å². The molecule has 1 fully saturated rings. The third-order valence-electron chi connectivity index (χ3n) is 6.15. The zero-order valence-corrected chi connectivity index (χ0v) is 17.7. The zero-order valence-electron chi connectivity index (χ0n) is 17.7. The van der Waals surface area contributed by atoms with Crippen LogP contribution in [0, 0.1) is 0 Å². The number of fused-ring (bicyclic) bond motifs is 3. The van der Waals surface area contributed by atoms with Crippen molar-refractivity contribution in [3.63, 3.8) is 0 Å². The van der Waals surface area contributed by atoms with Gasteiger partial charge in [-0.3, -0.25) is 9.69 Å². The number of carbonyl (C=O) groups excluding carboxylic acids is 2. The predicted molar refractivity (Wildman–Crippen MR) is 118 cm³/mol. The lowest BCUT2D eigenvalue weighted by atomic mass is 10.1. The second-order valence-electron chi connectivity index (χ2n) is 8.16. The molecule has 2 unspecified atom stereocenters. The number of rotatable bonds is 5. The molecule has 158 valence electrons. The topological polar surface area (TPSA) is 59.5 Å². The van der Waals surface area contributed by atoms with Gasteiger partial charge in [-0.05, 0) is 24.5 Å². The van der Waals surface area contributed by atoms with Gasteiger partial charge in [0, 0.05) is 25.5 Å². The summed E-state index contributed by atoms with van der Waals surface area (Å²) in [5, 5.41) is 0. The molecule has 0 saturated carbocycles. The van der Waals surface area contributed by atoms with Gasteiger partial charge in [-0.2, -0.15) is 0 Å². The van der Waals surface area contributed by atoms with E-state index >= 15 is 0 Å². The average molecular weight is 415 g/mol. The van der Waals surface area contributed by atoms with Crippen LogP contribution in [0.5, 0.6) is 0 Å². The van der Waals surface area contributed by atoms with Crippen LogP contribution in [0.15, 0.2) is 77.6 Å². The first-order chi connectivity index (χ1) is 15.0. The summed E-state index contributed by atoms with van der Waals surface area (Å²) in [4.78, 5) is 38.2. The van der Waals surface area contributed by atoms with Crippen molar-refractivity contribution in [2.45, 2.75) is 32.1 Å². The molecule has 0 aromatic heterocycles. The molecule has 3 aliphatic heterocycles. The van der Waals surface area contributed by atoms with E-state index in [0.29, 0.717) is 0 Å². The first-order valence-corrected chi connectivity index (χ1v) is 10.5. The van der Waals surface area contributed by atoms with Crippen LogP contribution in [0.25, 0.3) is 0 Å². The van der Waals surface area contributed by atoms with Gasteiger partial charge in [-0.15, -0.1) is 0 Å². The van der Waals surface area contributed by atoms with Gasteiger partial charge < -0.3 is 14.7 Å². The Hall–Kier alpha value is -3.61. The average Bonchev–Trinajstić information content (AvgIpc) is 3.30. The van der Waals surface area contributed by atoms with E-state index in [1.165, 1.54) is 10.5 Å². The summed E-state index contributed by atoms with van der Waals surface area (Å²) in [5.74, 6) is 0.544. The third-order valence-corrected chi connectivity index (χ3v) is 6.15. The van der Waals surface area contributed by atoms with E-state index < -0.39 is 12.2 Å². The molecule has 5 rings (SSSR count). The van der Waals surface area contributed by atoms with Gasteiger partial charge in [0.05, 0.1) is 6.54 Å². The lowest BCUT2D eigenvalue weighted by Gasteiger charge is -2.40. The van der Waals surface area contributed by atoms with Gasteiger partial charge in [0.1, 0.15) is 0 Å². The maximum Gasteiger partial charge on any atom is 0.328 e. The molecular formula is C24H25N5O2. The Balaban J connectivity index is 1.38. The Kier molecular flexibility index (Phi) is 4.73. The number of aliphatic imine (C=N–C) groups is 1. The molecule has 0 spiro atoms. The van der Waals surface area contributed by atoms with Gasteiger partial charge in [0.2, 0.25) is 5.96 Å². The quantitative estimate of drug-likeness (QED) is 0.754. The number of likely N-dealkylation sites (N-methyl/N-ethyl adjacent to an activating group) is 1. The summed E-state index contributed by atoms with van der Waals surface area (Å²) >= 11 is 0. The number of imide groups is 1. The Morgan fingerprint density at radius 1 is 0.903 bits per heavy atom. The fraction of sp³-hybridized carbons (Fsp3) is 0.292. The van der Waals surface area contributed by atoms with Gasteiger partial charge in [0.25, 0.3) is 5.91 Å². The van der Waals surface area contributed by atoms with Crippen molar-refractivity contribution in [2.24, 2.45) is 4.99 Å². The smallest absolute Gasteiger partial charge is 0.314 e. The number of guanidine groups is 1. The molecular weight excluding hydrogens is 390 g/mol. The highest BCUT2D eigenvalue weighted by molar-refractivity contribution is 6.04. The lowest BCUT2D eigenvalue weighted by Crippen LogP contribution is -2.63. The molecule has 0 aliphatic carbocycles. The highest BCUT2D eigenvalue weighted by Crippen LogP contribution is 2.34. The highest BCUT2D eigenvalue weighted by atomic mass is 16.2. The Morgan fingerprint density at radius 3 is 2.23 bits per heavy atom. The molecule has 0 bridgehead atoms. The first-order valence-electron chi connectivity index (χ1n) is 10.5. The maximum atomic E-state index is 13.4. The summed E-state index contributed by atoms with van der Waals surface area (Å²) < 4.78 is 0. The Morgan fingerprint density at radius 2 is 1.55 bits per heavy atom. The molecule has 3 aliphatic rings. The Bertz CT molecular complexity index is 1070. The minimum absolute atomic E-state index is 0.204. The van der Waals surface area contributed by atoms with Crippen LogP contribution in [0.1, 0.15) is 18.1 Å². The first kappa shape index (κ1) is 19.4. The molecule has 7 nitrogen and oxygen atoms in total. The number of carbonyl (C=O) groups is 2.